The Morgan fingerprint density at radius 2 is 1.83 bits per heavy atom. The summed E-state index contributed by atoms with van der Waals surface area (Å²) >= 11 is 0. The van der Waals surface area contributed by atoms with E-state index in [9.17, 15) is 28.2 Å². The van der Waals surface area contributed by atoms with Gasteiger partial charge in [0.1, 0.15) is 17.1 Å². The fourth-order valence-corrected chi connectivity index (χ4v) is 1.46. The minimum atomic E-state index is -4.40. The molecule has 0 heterocycles. The van der Waals surface area contributed by atoms with Crippen molar-refractivity contribution in [3.63, 3.8) is 0 Å². The number of carbonyl (C=O) groups excluding carboxylic acids is 1. The van der Waals surface area contributed by atoms with E-state index in [0.717, 1.165) is 12.1 Å². The Morgan fingerprint density at radius 3 is 2.28 bits per heavy atom. The largest absolute Gasteiger partial charge is 0.507 e. The molecule has 7 heteroatoms. The first-order valence-electron chi connectivity index (χ1n) is 5.09. The van der Waals surface area contributed by atoms with Crippen molar-refractivity contribution in [2.45, 2.75) is 25.6 Å². The van der Waals surface area contributed by atoms with E-state index >= 15 is 0 Å². The van der Waals surface area contributed by atoms with Gasteiger partial charge in [-0.15, -0.1) is 0 Å². The molecule has 1 amide bonds. The van der Waals surface area contributed by atoms with Gasteiger partial charge in [-0.2, -0.15) is 13.2 Å². The van der Waals surface area contributed by atoms with Crippen LogP contribution in [0.5, 0.6) is 11.5 Å². The third-order valence-electron chi connectivity index (χ3n) is 2.16. The quantitative estimate of drug-likeness (QED) is 0.782. The van der Waals surface area contributed by atoms with E-state index in [-0.39, 0.29) is 0 Å². The summed E-state index contributed by atoms with van der Waals surface area (Å²) in [5.41, 5.74) is -0.438. The highest BCUT2D eigenvalue weighted by molar-refractivity contribution is 5.99. The lowest BCUT2D eigenvalue weighted by Crippen LogP contribution is -2.36. The number of hydrogen-bond acceptors (Lipinski definition) is 3. The Kier molecular flexibility index (Phi) is 4.05. The molecule has 0 saturated carbocycles. The highest BCUT2D eigenvalue weighted by Crippen LogP contribution is 2.27. The second-order valence-electron chi connectivity index (χ2n) is 3.87. The fourth-order valence-electron chi connectivity index (χ4n) is 1.46. The third-order valence-corrected chi connectivity index (χ3v) is 2.16. The number of carbonyl (C=O) groups is 1. The predicted octanol–water partition coefficient (Wildman–Crippen LogP) is 2.17. The molecule has 0 aromatic heterocycles. The van der Waals surface area contributed by atoms with Crippen LogP contribution in [0.15, 0.2) is 18.2 Å². The minimum Gasteiger partial charge on any atom is -0.507 e. The number of rotatable bonds is 3. The van der Waals surface area contributed by atoms with E-state index in [1.54, 1.807) is 0 Å². The van der Waals surface area contributed by atoms with Crippen LogP contribution < -0.4 is 5.32 Å². The summed E-state index contributed by atoms with van der Waals surface area (Å²) < 4.78 is 36.2. The van der Waals surface area contributed by atoms with Crippen molar-refractivity contribution in [2.24, 2.45) is 0 Å². The normalized spacial score (nSPS) is 13.1. The lowest BCUT2D eigenvalue weighted by atomic mass is 10.1. The number of alkyl halides is 3. The van der Waals surface area contributed by atoms with Crippen LogP contribution >= 0.6 is 0 Å². The Bertz CT molecular complexity index is 425. The van der Waals surface area contributed by atoms with Gasteiger partial charge >= 0.3 is 6.18 Å². The molecule has 0 spiro atoms. The average molecular weight is 263 g/mol. The molecule has 1 rings (SSSR count). The van der Waals surface area contributed by atoms with Crippen LogP contribution in [0.1, 0.15) is 23.7 Å². The van der Waals surface area contributed by atoms with E-state index in [4.69, 9.17) is 0 Å². The summed E-state index contributed by atoms with van der Waals surface area (Å²) in [4.78, 5) is 11.6. The zero-order valence-electron chi connectivity index (χ0n) is 9.45. The molecule has 1 atom stereocenters. The average Bonchev–Trinajstić information content (AvgIpc) is 2.13. The SMILES string of the molecule is CC(CC(F)(F)F)NC(=O)c1c(O)cccc1O. The number of benzene rings is 1. The van der Waals surface area contributed by atoms with E-state index in [1.807, 2.05) is 0 Å². The molecule has 1 aromatic rings. The van der Waals surface area contributed by atoms with Gasteiger partial charge in [0.05, 0.1) is 6.42 Å². The van der Waals surface area contributed by atoms with Gasteiger partial charge in [0.25, 0.3) is 5.91 Å². The maximum atomic E-state index is 12.1. The molecule has 0 fully saturated rings. The number of halogens is 3. The molecule has 4 nitrogen and oxygen atoms in total. The van der Waals surface area contributed by atoms with Crippen molar-refractivity contribution in [1.29, 1.82) is 0 Å². The van der Waals surface area contributed by atoms with Crippen LogP contribution in [0.2, 0.25) is 0 Å². The molecule has 3 N–H and O–H groups in total. The second-order valence-corrected chi connectivity index (χ2v) is 3.87. The first-order chi connectivity index (χ1) is 8.20. The second kappa shape index (κ2) is 5.16. The lowest BCUT2D eigenvalue weighted by Gasteiger charge is -2.16. The van der Waals surface area contributed by atoms with Crippen LogP contribution in [0, 0.1) is 0 Å². The monoisotopic (exact) mass is 263 g/mol. The van der Waals surface area contributed by atoms with Gasteiger partial charge < -0.3 is 15.5 Å². The fraction of sp³-hybridized carbons (Fsp3) is 0.364. The summed E-state index contributed by atoms with van der Waals surface area (Å²) in [6.45, 7) is 1.18. The first-order valence-corrected chi connectivity index (χ1v) is 5.09. The van der Waals surface area contributed by atoms with Crippen LogP contribution in [0.25, 0.3) is 0 Å². The van der Waals surface area contributed by atoms with Crippen molar-refractivity contribution in [1.82, 2.24) is 5.32 Å². The number of phenolic OH excluding ortho intramolecular Hbond substituents is 2. The van der Waals surface area contributed by atoms with Gasteiger partial charge in [-0.1, -0.05) is 6.07 Å². The van der Waals surface area contributed by atoms with E-state index in [2.05, 4.69) is 5.32 Å². The van der Waals surface area contributed by atoms with Crippen molar-refractivity contribution >= 4 is 5.91 Å². The molecular weight excluding hydrogens is 251 g/mol. The van der Waals surface area contributed by atoms with Crippen LogP contribution in [-0.4, -0.2) is 28.3 Å². The summed E-state index contributed by atoms with van der Waals surface area (Å²) in [6.07, 6.45) is -5.58. The minimum absolute atomic E-state index is 0.438. The predicted molar refractivity (Wildman–Crippen MR) is 57.4 cm³/mol. The van der Waals surface area contributed by atoms with Gasteiger partial charge in [0, 0.05) is 6.04 Å². The molecule has 0 aliphatic rings. The Hall–Kier alpha value is -1.92. The van der Waals surface area contributed by atoms with E-state index in [0.29, 0.717) is 0 Å². The topological polar surface area (TPSA) is 69.6 Å². The molecule has 1 aromatic carbocycles. The molecule has 100 valence electrons. The molecule has 0 radical (unpaired) electrons. The van der Waals surface area contributed by atoms with Gasteiger partial charge in [-0.25, -0.2) is 0 Å². The Labute approximate surface area is 101 Å². The summed E-state index contributed by atoms with van der Waals surface area (Å²) in [6, 6.07) is 2.46. The smallest absolute Gasteiger partial charge is 0.391 e. The zero-order chi connectivity index (χ0) is 13.9. The number of aromatic hydroxyl groups is 2. The van der Waals surface area contributed by atoms with Gasteiger partial charge in [-0.05, 0) is 19.1 Å². The molecule has 0 aliphatic heterocycles. The third kappa shape index (κ3) is 3.83. The molecule has 0 bridgehead atoms. The molecule has 1 unspecified atom stereocenters. The Morgan fingerprint density at radius 1 is 1.33 bits per heavy atom. The van der Waals surface area contributed by atoms with Crippen molar-refractivity contribution < 1.29 is 28.2 Å². The number of hydrogen-bond donors (Lipinski definition) is 3. The lowest BCUT2D eigenvalue weighted by molar-refractivity contribution is -0.138. The van der Waals surface area contributed by atoms with E-state index < -0.39 is 41.6 Å². The highest BCUT2D eigenvalue weighted by Gasteiger charge is 2.31. The number of phenols is 2. The standard InChI is InChI=1S/C11H12F3NO3/c1-6(5-11(12,13)14)15-10(18)9-7(16)3-2-4-8(9)17/h2-4,6,16-17H,5H2,1H3,(H,15,18). The highest BCUT2D eigenvalue weighted by atomic mass is 19.4. The number of amides is 1. The van der Waals surface area contributed by atoms with E-state index in [1.165, 1.54) is 13.0 Å². The van der Waals surface area contributed by atoms with Crippen LogP contribution in [0.4, 0.5) is 13.2 Å². The summed E-state index contributed by atoms with van der Waals surface area (Å²) in [5, 5.41) is 20.8. The molecular formula is C11H12F3NO3. The van der Waals surface area contributed by atoms with Crippen molar-refractivity contribution in [3.05, 3.63) is 23.8 Å². The summed E-state index contributed by atoms with van der Waals surface area (Å²) in [5.74, 6) is -1.94. The van der Waals surface area contributed by atoms with Crippen LogP contribution in [0.3, 0.4) is 0 Å². The molecule has 0 aliphatic carbocycles. The molecule has 18 heavy (non-hydrogen) atoms. The van der Waals surface area contributed by atoms with Crippen molar-refractivity contribution in [3.8, 4) is 11.5 Å². The summed E-state index contributed by atoms with van der Waals surface area (Å²) in [7, 11) is 0. The molecule has 0 saturated heterocycles. The number of nitrogens with one attached hydrogen (secondary N) is 1. The first kappa shape index (κ1) is 14.1. The van der Waals surface area contributed by atoms with Crippen molar-refractivity contribution in [2.75, 3.05) is 0 Å². The zero-order valence-corrected chi connectivity index (χ0v) is 9.45. The Balaban J connectivity index is 2.77. The maximum absolute atomic E-state index is 12.1. The van der Waals surface area contributed by atoms with Crippen LogP contribution in [-0.2, 0) is 0 Å². The van der Waals surface area contributed by atoms with Gasteiger partial charge in [0.15, 0.2) is 0 Å². The van der Waals surface area contributed by atoms with Gasteiger partial charge in [0.2, 0.25) is 0 Å². The van der Waals surface area contributed by atoms with Gasteiger partial charge in [-0.3, -0.25) is 4.79 Å². The maximum Gasteiger partial charge on any atom is 0.391 e.